The first-order chi connectivity index (χ1) is 17.3. The zero-order valence-corrected chi connectivity index (χ0v) is 19.7. The van der Waals surface area contributed by atoms with Gasteiger partial charge in [-0.1, -0.05) is 60.7 Å². The molecule has 0 atom stereocenters. The molecule has 0 bridgehead atoms. The predicted molar refractivity (Wildman–Crippen MR) is 132 cm³/mol. The molecule has 4 aromatic rings. The Hall–Kier alpha value is -3.98. The maximum Gasteiger partial charge on any atom is 0.573 e. The van der Waals surface area contributed by atoms with Crippen LogP contribution in [-0.2, 0) is 11.2 Å². The molecular weight excluding hydrogens is 489 g/mol. The zero-order valence-electron chi connectivity index (χ0n) is 18.9. The topological polar surface area (TPSA) is 68.3 Å². The smallest absolute Gasteiger partial charge is 0.406 e. The summed E-state index contributed by atoms with van der Waals surface area (Å²) in [6.07, 6.45) is -4.33. The van der Waals surface area contributed by atoms with Gasteiger partial charge in [-0.15, -0.1) is 24.5 Å². The van der Waals surface area contributed by atoms with Crippen molar-refractivity contribution >= 4 is 28.2 Å². The van der Waals surface area contributed by atoms with Crippen LogP contribution in [0.1, 0.15) is 33.6 Å². The van der Waals surface area contributed by atoms with E-state index in [0.717, 1.165) is 33.8 Å². The number of ether oxygens (including phenoxy) is 1. The minimum Gasteiger partial charge on any atom is -0.406 e. The number of benzene rings is 3. The lowest BCUT2D eigenvalue weighted by Gasteiger charge is -2.09. The summed E-state index contributed by atoms with van der Waals surface area (Å²) in [6.45, 7) is 0. The Kier molecular flexibility index (Phi) is 7.80. The molecule has 0 saturated carbocycles. The summed E-state index contributed by atoms with van der Waals surface area (Å²) in [5.74, 6) is -1.15. The molecule has 5 nitrogen and oxygen atoms in total. The fraction of sp³-hybridized carbons (Fsp3) is 0.148. The zero-order chi connectivity index (χ0) is 25.5. The van der Waals surface area contributed by atoms with Crippen molar-refractivity contribution in [3.63, 3.8) is 0 Å². The van der Waals surface area contributed by atoms with Crippen LogP contribution in [0.4, 0.5) is 18.3 Å². The fourth-order valence-electron chi connectivity index (χ4n) is 3.52. The summed E-state index contributed by atoms with van der Waals surface area (Å²) in [6, 6.07) is 24.2. The number of ketones is 1. The number of carbonyl (C=O) groups excluding carboxylic acids is 2. The van der Waals surface area contributed by atoms with E-state index in [9.17, 15) is 22.8 Å². The first-order valence-electron chi connectivity index (χ1n) is 11.0. The average molecular weight is 511 g/mol. The highest BCUT2D eigenvalue weighted by molar-refractivity contribution is 7.16. The van der Waals surface area contributed by atoms with Gasteiger partial charge in [-0.3, -0.25) is 9.59 Å². The van der Waals surface area contributed by atoms with Gasteiger partial charge in [0, 0.05) is 35.3 Å². The molecule has 1 heterocycles. The Morgan fingerprint density at radius 1 is 0.861 bits per heavy atom. The number of alkyl halides is 3. The van der Waals surface area contributed by atoms with E-state index in [1.165, 1.54) is 23.5 Å². The van der Waals surface area contributed by atoms with E-state index in [1.54, 1.807) is 0 Å². The maximum absolute atomic E-state index is 12.5. The van der Waals surface area contributed by atoms with Crippen molar-refractivity contribution in [3.05, 3.63) is 101 Å². The second-order valence-electron chi connectivity index (χ2n) is 7.86. The van der Waals surface area contributed by atoms with Gasteiger partial charge in [-0.2, -0.15) is 0 Å². The number of hydrogen-bond donors (Lipinski definition) is 1. The van der Waals surface area contributed by atoms with Crippen LogP contribution >= 0.6 is 11.3 Å². The Morgan fingerprint density at radius 2 is 1.50 bits per heavy atom. The SMILES string of the molecule is O=C(CCC(=O)c1ccc(OC(F)(F)F)cc1)Nc1nc(-c2ccccc2)c(Cc2ccccc2)s1. The van der Waals surface area contributed by atoms with E-state index >= 15 is 0 Å². The number of amides is 1. The number of halogens is 3. The number of Topliss-reactive ketones (excluding diaryl/α,β-unsaturated/α-hetero) is 1. The summed E-state index contributed by atoms with van der Waals surface area (Å²) in [4.78, 5) is 30.6. The van der Waals surface area contributed by atoms with Crippen LogP contribution in [0.25, 0.3) is 11.3 Å². The van der Waals surface area contributed by atoms with Gasteiger partial charge in [-0.25, -0.2) is 4.98 Å². The number of aromatic nitrogens is 1. The van der Waals surface area contributed by atoms with Gasteiger partial charge in [-0.05, 0) is 29.8 Å². The molecule has 0 aliphatic rings. The van der Waals surface area contributed by atoms with Gasteiger partial charge < -0.3 is 10.1 Å². The third-order valence-corrected chi connectivity index (χ3v) is 6.16. The standard InChI is InChI=1S/C27H21F3N2O3S/c28-27(29,30)35-21-13-11-19(12-14-21)22(33)15-16-24(34)31-26-32-25(20-9-5-2-6-10-20)23(36-26)17-18-7-3-1-4-8-18/h1-14H,15-17H2,(H,31,32,34). The number of carbonyl (C=O) groups is 2. The Bertz CT molecular complexity index is 1320. The summed E-state index contributed by atoms with van der Waals surface area (Å²) in [5, 5.41) is 3.21. The molecule has 4 rings (SSSR count). The monoisotopic (exact) mass is 510 g/mol. The number of anilines is 1. The van der Waals surface area contributed by atoms with Crippen molar-refractivity contribution in [1.82, 2.24) is 4.98 Å². The van der Waals surface area contributed by atoms with Crippen molar-refractivity contribution in [2.24, 2.45) is 0 Å². The van der Waals surface area contributed by atoms with Gasteiger partial charge >= 0.3 is 6.36 Å². The second kappa shape index (κ2) is 11.2. The van der Waals surface area contributed by atoms with Crippen LogP contribution in [-0.4, -0.2) is 23.0 Å². The van der Waals surface area contributed by atoms with Crippen LogP contribution in [0.3, 0.4) is 0 Å². The number of rotatable bonds is 9. The van der Waals surface area contributed by atoms with E-state index in [0.29, 0.717) is 11.6 Å². The van der Waals surface area contributed by atoms with Crippen molar-refractivity contribution in [2.45, 2.75) is 25.6 Å². The van der Waals surface area contributed by atoms with E-state index in [4.69, 9.17) is 0 Å². The quantitative estimate of drug-likeness (QED) is 0.249. The van der Waals surface area contributed by atoms with Crippen molar-refractivity contribution in [2.75, 3.05) is 5.32 Å². The molecule has 36 heavy (non-hydrogen) atoms. The minimum atomic E-state index is -4.80. The summed E-state index contributed by atoms with van der Waals surface area (Å²) in [7, 11) is 0. The van der Waals surface area contributed by atoms with Gasteiger partial charge in [0.25, 0.3) is 0 Å². The van der Waals surface area contributed by atoms with Gasteiger partial charge in [0.15, 0.2) is 10.9 Å². The molecule has 0 saturated heterocycles. The predicted octanol–water partition coefficient (Wildman–Crippen LogP) is 6.90. The Labute approximate surface area is 209 Å². The van der Waals surface area contributed by atoms with E-state index in [-0.39, 0.29) is 30.1 Å². The molecule has 184 valence electrons. The van der Waals surface area contributed by atoms with Gasteiger partial charge in [0.1, 0.15) is 5.75 Å². The van der Waals surface area contributed by atoms with Gasteiger partial charge in [0.2, 0.25) is 5.91 Å². The molecule has 9 heteroatoms. The number of hydrogen-bond acceptors (Lipinski definition) is 5. The number of nitrogens with one attached hydrogen (secondary N) is 1. The maximum atomic E-state index is 12.5. The largest absolute Gasteiger partial charge is 0.573 e. The normalized spacial score (nSPS) is 11.2. The average Bonchev–Trinajstić information content (AvgIpc) is 3.25. The minimum absolute atomic E-state index is 0.0894. The van der Waals surface area contributed by atoms with Crippen molar-refractivity contribution < 1.29 is 27.5 Å². The highest BCUT2D eigenvalue weighted by atomic mass is 32.1. The molecule has 1 N–H and O–H groups in total. The molecule has 0 spiro atoms. The highest BCUT2D eigenvalue weighted by Gasteiger charge is 2.31. The molecular formula is C27H21F3N2O3S. The van der Waals surface area contributed by atoms with E-state index in [1.807, 2.05) is 60.7 Å². The number of thiazole rings is 1. The van der Waals surface area contributed by atoms with Gasteiger partial charge in [0.05, 0.1) is 5.69 Å². The van der Waals surface area contributed by atoms with Crippen LogP contribution in [0.5, 0.6) is 5.75 Å². The lowest BCUT2D eigenvalue weighted by molar-refractivity contribution is -0.274. The van der Waals surface area contributed by atoms with Crippen LogP contribution < -0.4 is 10.1 Å². The van der Waals surface area contributed by atoms with E-state index < -0.39 is 12.1 Å². The molecule has 1 aromatic heterocycles. The third kappa shape index (κ3) is 7.02. The number of nitrogens with zero attached hydrogens (tertiary/aromatic N) is 1. The first-order valence-corrected chi connectivity index (χ1v) is 11.9. The molecule has 0 aliphatic carbocycles. The summed E-state index contributed by atoms with van der Waals surface area (Å²) >= 11 is 1.38. The van der Waals surface area contributed by atoms with Crippen molar-refractivity contribution in [1.29, 1.82) is 0 Å². The molecule has 0 unspecified atom stereocenters. The Balaban J connectivity index is 1.40. The Morgan fingerprint density at radius 3 is 2.14 bits per heavy atom. The molecule has 0 fully saturated rings. The molecule has 3 aromatic carbocycles. The lowest BCUT2D eigenvalue weighted by Crippen LogP contribution is -2.17. The summed E-state index contributed by atoms with van der Waals surface area (Å²) < 4.78 is 40.7. The molecule has 0 aliphatic heterocycles. The summed E-state index contributed by atoms with van der Waals surface area (Å²) in [5.41, 5.74) is 3.04. The van der Waals surface area contributed by atoms with E-state index in [2.05, 4.69) is 15.0 Å². The molecule has 0 radical (unpaired) electrons. The fourth-order valence-corrected chi connectivity index (χ4v) is 4.56. The first kappa shape index (κ1) is 25.1. The second-order valence-corrected chi connectivity index (χ2v) is 8.95. The lowest BCUT2D eigenvalue weighted by atomic mass is 10.1. The highest BCUT2D eigenvalue weighted by Crippen LogP contribution is 2.33. The third-order valence-electron chi connectivity index (χ3n) is 5.19. The van der Waals surface area contributed by atoms with Crippen LogP contribution in [0.2, 0.25) is 0 Å². The van der Waals surface area contributed by atoms with Crippen LogP contribution in [0, 0.1) is 0 Å². The van der Waals surface area contributed by atoms with Crippen LogP contribution in [0.15, 0.2) is 84.9 Å². The van der Waals surface area contributed by atoms with Crippen molar-refractivity contribution in [3.8, 4) is 17.0 Å². The molecule has 1 amide bonds.